The average Bonchev–Trinajstić information content (AvgIpc) is 3.42. The summed E-state index contributed by atoms with van der Waals surface area (Å²) in [5.41, 5.74) is 2.56. The number of carbonyl (C=O) groups is 2. The van der Waals surface area contributed by atoms with Crippen LogP contribution in [0.5, 0.6) is 5.75 Å². The summed E-state index contributed by atoms with van der Waals surface area (Å²) in [7, 11) is 3.23. The van der Waals surface area contributed by atoms with Crippen LogP contribution in [0.15, 0.2) is 59.7 Å². The largest absolute Gasteiger partial charge is 0.495 e. The average molecular weight is 496 g/mol. The van der Waals surface area contributed by atoms with Gasteiger partial charge in [0.2, 0.25) is 5.96 Å². The van der Waals surface area contributed by atoms with Gasteiger partial charge in [0, 0.05) is 25.4 Å². The SMILES string of the molecule is CCOCCN1C(=O)C2C(N=C3N(c4ccc(OC)c(Cl)c4)C(c4ccccc4)=CN32)N(C)C1=O. The minimum absolute atomic E-state index is 0.190. The molecule has 1 saturated heterocycles. The van der Waals surface area contributed by atoms with Crippen molar-refractivity contribution in [2.24, 2.45) is 4.99 Å². The maximum Gasteiger partial charge on any atom is 0.328 e. The number of imide groups is 1. The van der Waals surface area contributed by atoms with Gasteiger partial charge in [-0.05, 0) is 25.1 Å². The van der Waals surface area contributed by atoms with Crippen LogP contribution >= 0.6 is 11.6 Å². The van der Waals surface area contributed by atoms with Crippen LogP contribution in [-0.4, -0.2) is 78.7 Å². The van der Waals surface area contributed by atoms with E-state index in [9.17, 15) is 9.59 Å². The highest BCUT2D eigenvalue weighted by Crippen LogP contribution is 2.41. The van der Waals surface area contributed by atoms with E-state index in [1.165, 1.54) is 9.80 Å². The molecule has 3 heterocycles. The Morgan fingerprint density at radius 3 is 2.57 bits per heavy atom. The van der Waals surface area contributed by atoms with E-state index in [-0.39, 0.29) is 25.1 Å². The molecule has 0 N–H and O–H groups in total. The van der Waals surface area contributed by atoms with E-state index in [2.05, 4.69) is 0 Å². The number of hydrogen-bond acceptors (Lipinski definition) is 7. The first-order valence-electron chi connectivity index (χ1n) is 11.4. The van der Waals surface area contributed by atoms with E-state index >= 15 is 0 Å². The summed E-state index contributed by atoms with van der Waals surface area (Å²) in [6, 6.07) is 14.3. The number of anilines is 1. The molecule has 3 aliphatic heterocycles. The van der Waals surface area contributed by atoms with Crippen molar-refractivity contribution >= 4 is 40.9 Å². The molecule has 0 aromatic heterocycles. The number of hydrogen-bond donors (Lipinski definition) is 0. The minimum Gasteiger partial charge on any atom is -0.495 e. The first-order valence-corrected chi connectivity index (χ1v) is 11.8. The third-order valence-electron chi connectivity index (χ3n) is 6.34. The van der Waals surface area contributed by atoms with E-state index in [4.69, 9.17) is 26.1 Å². The second-order valence-corrected chi connectivity index (χ2v) is 8.72. The summed E-state index contributed by atoms with van der Waals surface area (Å²) < 4.78 is 10.7. The molecule has 3 aliphatic rings. The second-order valence-electron chi connectivity index (χ2n) is 8.31. The lowest BCUT2D eigenvalue weighted by Gasteiger charge is -2.40. The number of methoxy groups -OCH3 is 1. The Kier molecular flexibility index (Phi) is 6.12. The highest BCUT2D eigenvalue weighted by molar-refractivity contribution is 6.32. The van der Waals surface area contributed by atoms with Crippen LogP contribution in [0.25, 0.3) is 5.70 Å². The van der Waals surface area contributed by atoms with Crippen molar-refractivity contribution in [1.29, 1.82) is 0 Å². The Hall–Kier alpha value is -3.56. The molecule has 9 nitrogen and oxygen atoms in total. The van der Waals surface area contributed by atoms with Crippen LogP contribution in [0.4, 0.5) is 10.5 Å². The molecule has 2 unspecified atom stereocenters. The summed E-state index contributed by atoms with van der Waals surface area (Å²) in [6.07, 6.45) is 1.28. The number of ether oxygens (including phenoxy) is 2. The van der Waals surface area contributed by atoms with Gasteiger partial charge in [-0.3, -0.25) is 19.5 Å². The third-order valence-corrected chi connectivity index (χ3v) is 6.63. The molecule has 0 bridgehead atoms. The molecule has 0 aliphatic carbocycles. The zero-order chi connectivity index (χ0) is 24.7. The molecule has 10 heteroatoms. The first kappa shape index (κ1) is 23.2. The van der Waals surface area contributed by atoms with E-state index in [1.807, 2.05) is 59.3 Å². The number of urea groups is 1. The number of fused-ring (bicyclic) bond motifs is 3. The Morgan fingerprint density at radius 1 is 1.11 bits per heavy atom. The zero-order valence-electron chi connectivity index (χ0n) is 19.7. The summed E-state index contributed by atoms with van der Waals surface area (Å²) in [5.74, 6) is 0.818. The predicted molar refractivity (Wildman–Crippen MR) is 133 cm³/mol. The molecule has 2 atom stereocenters. The van der Waals surface area contributed by atoms with Crippen LogP contribution in [0.2, 0.25) is 5.02 Å². The normalized spacial score (nSPS) is 21.3. The highest BCUT2D eigenvalue weighted by atomic mass is 35.5. The van der Waals surface area contributed by atoms with Crippen LogP contribution in [-0.2, 0) is 9.53 Å². The number of benzene rings is 2. The Morgan fingerprint density at radius 2 is 1.89 bits per heavy atom. The van der Waals surface area contributed by atoms with Crippen molar-refractivity contribution in [3.63, 3.8) is 0 Å². The van der Waals surface area contributed by atoms with Gasteiger partial charge in [-0.25, -0.2) is 9.79 Å². The number of guanidine groups is 1. The van der Waals surface area contributed by atoms with E-state index in [1.54, 1.807) is 26.3 Å². The molecule has 2 aromatic rings. The Balaban J connectivity index is 1.56. The number of rotatable bonds is 7. The third kappa shape index (κ3) is 3.81. The molecular formula is C25H26ClN5O4. The van der Waals surface area contributed by atoms with Gasteiger partial charge in [0.05, 0.1) is 36.7 Å². The predicted octanol–water partition coefficient (Wildman–Crippen LogP) is 3.46. The van der Waals surface area contributed by atoms with E-state index < -0.39 is 12.2 Å². The fraction of sp³-hybridized carbons (Fsp3) is 0.320. The number of halogens is 1. The fourth-order valence-electron chi connectivity index (χ4n) is 4.60. The van der Waals surface area contributed by atoms with E-state index in [0.29, 0.717) is 23.3 Å². The quantitative estimate of drug-likeness (QED) is 0.547. The van der Waals surface area contributed by atoms with E-state index in [0.717, 1.165) is 16.9 Å². The summed E-state index contributed by atoms with van der Waals surface area (Å²) in [6.45, 7) is 2.86. The maximum absolute atomic E-state index is 13.5. The lowest BCUT2D eigenvalue weighted by molar-refractivity contribution is -0.137. The first-order chi connectivity index (χ1) is 17.0. The Labute approximate surface area is 208 Å². The minimum atomic E-state index is -0.674. The van der Waals surface area contributed by atoms with Crippen LogP contribution in [0, 0.1) is 0 Å². The van der Waals surface area contributed by atoms with Gasteiger partial charge >= 0.3 is 6.03 Å². The fourth-order valence-corrected chi connectivity index (χ4v) is 4.85. The standard InChI is InChI=1S/C25H26ClN5O4/c1-4-35-13-12-29-23(32)21-22(28(2)25(29)33)27-24-30(21)15-19(16-8-6-5-7-9-16)31(24)17-10-11-20(34-3)18(26)14-17/h5-11,14-15,21-22H,4,12-13H2,1-3H3. The van der Waals surface area contributed by atoms with Gasteiger partial charge in [-0.1, -0.05) is 41.9 Å². The molecule has 3 amide bonds. The van der Waals surface area contributed by atoms with Gasteiger partial charge in [0.1, 0.15) is 5.75 Å². The summed E-state index contributed by atoms with van der Waals surface area (Å²) in [5, 5.41) is 0.456. The molecule has 182 valence electrons. The van der Waals surface area contributed by atoms with Crippen molar-refractivity contribution < 1.29 is 19.1 Å². The molecule has 0 spiro atoms. The van der Waals surface area contributed by atoms with Gasteiger partial charge in [-0.2, -0.15) is 0 Å². The van der Waals surface area contributed by atoms with Crippen LogP contribution < -0.4 is 9.64 Å². The van der Waals surface area contributed by atoms with Gasteiger partial charge < -0.3 is 14.4 Å². The van der Waals surface area contributed by atoms with Crippen molar-refractivity contribution in [1.82, 2.24) is 14.7 Å². The molecule has 5 rings (SSSR count). The topological polar surface area (TPSA) is 77.9 Å². The second kappa shape index (κ2) is 9.24. The monoisotopic (exact) mass is 495 g/mol. The summed E-state index contributed by atoms with van der Waals surface area (Å²) in [4.78, 5) is 37.9. The molecule has 2 aromatic carbocycles. The van der Waals surface area contributed by atoms with Gasteiger partial charge in [-0.15, -0.1) is 0 Å². The number of carbonyl (C=O) groups excluding carboxylic acids is 2. The Bertz CT molecular complexity index is 1220. The van der Waals surface area contributed by atoms with Crippen molar-refractivity contribution in [3.8, 4) is 5.75 Å². The van der Waals surface area contributed by atoms with Crippen molar-refractivity contribution in [3.05, 3.63) is 65.3 Å². The molecule has 35 heavy (non-hydrogen) atoms. The molecule has 0 saturated carbocycles. The zero-order valence-corrected chi connectivity index (χ0v) is 20.5. The van der Waals surface area contributed by atoms with Gasteiger partial charge in [0.25, 0.3) is 5.91 Å². The smallest absolute Gasteiger partial charge is 0.328 e. The van der Waals surface area contributed by atoms with Gasteiger partial charge in [0.15, 0.2) is 12.2 Å². The maximum atomic E-state index is 13.5. The number of amides is 3. The highest BCUT2D eigenvalue weighted by Gasteiger charge is 2.54. The number of likely N-dealkylation sites (N-methyl/N-ethyl adjacent to an activating group) is 1. The lowest BCUT2D eigenvalue weighted by Crippen LogP contribution is -2.64. The lowest BCUT2D eigenvalue weighted by atomic mass is 10.1. The number of nitrogens with zero attached hydrogens (tertiary/aromatic N) is 5. The van der Waals surface area contributed by atoms with Crippen LogP contribution in [0.1, 0.15) is 12.5 Å². The summed E-state index contributed by atoms with van der Waals surface area (Å²) >= 11 is 6.46. The van der Waals surface area contributed by atoms with Crippen LogP contribution in [0.3, 0.4) is 0 Å². The molecular weight excluding hydrogens is 470 g/mol. The number of aliphatic imine (C=N–C) groups is 1. The van der Waals surface area contributed by atoms with Crippen molar-refractivity contribution in [2.45, 2.75) is 19.1 Å². The molecule has 1 fully saturated rings. The molecule has 0 radical (unpaired) electrons. The van der Waals surface area contributed by atoms with Crippen molar-refractivity contribution in [2.75, 3.05) is 38.8 Å².